The van der Waals surface area contributed by atoms with Gasteiger partial charge in [-0.05, 0) is 108 Å². The predicted molar refractivity (Wildman–Crippen MR) is 166 cm³/mol. The molecule has 2 nitrogen and oxygen atoms in total. The van der Waals surface area contributed by atoms with Crippen LogP contribution in [0.2, 0.25) is 0 Å². The second-order valence-electron chi connectivity index (χ2n) is 11.7. The number of phenols is 2. The molecule has 38 heavy (non-hydrogen) atoms. The van der Waals surface area contributed by atoms with Crippen molar-refractivity contribution in [3.8, 4) is 11.5 Å². The molecule has 0 fully saturated rings. The highest BCUT2D eigenvalue weighted by Crippen LogP contribution is 2.42. The highest BCUT2D eigenvalue weighted by molar-refractivity contribution is 6.10. The van der Waals surface area contributed by atoms with Crippen molar-refractivity contribution in [2.75, 3.05) is 0 Å². The molecule has 2 heteroatoms. The highest BCUT2D eigenvalue weighted by Gasteiger charge is 2.14. The third-order valence-electron chi connectivity index (χ3n) is 7.48. The summed E-state index contributed by atoms with van der Waals surface area (Å²) in [5.74, 6) is 1.28. The minimum absolute atomic E-state index is 0.252. The van der Waals surface area contributed by atoms with Crippen LogP contribution in [-0.4, -0.2) is 10.2 Å². The molecule has 0 unspecified atom stereocenters. The van der Waals surface area contributed by atoms with E-state index in [1.54, 1.807) is 0 Å². The van der Waals surface area contributed by atoms with Crippen LogP contribution in [0.25, 0.3) is 21.5 Å². The molecule has 0 bridgehead atoms. The Labute approximate surface area is 230 Å². The first-order valence-corrected chi connectivity index (χ1v) is 14.5. The number of allylic oxidation sites excluding steroid dienone is 6. The zero-order valence-corrected chi connectivity index (χ0v) is 24.5. The monoisotopic (exact) mass is 512 g/mol. The van der Waals surface area contributed by atoms with E-state index in [9.17, 15) is 10.2 Å². The van der Waals surface area contributed by atoms with E-state index < -0.39 is 0 Å². The molecule has 0 radical (unpaired) electrons. The summed E-state index contributed by atoms with van der Waals surface area (Å²) in [4.78, 5) is 0. The van der Waals surface area contributed by atoms with Crippen LogP contribution >= 0.6 is 0 Å². The van der Waals surface area contributed by atoms with Gasteiger partial charge in [-0.15, -0.1) is 0 Å². The van der Waals surface area contributed by atoms with Crippen LogP contribution in [0.4, 0.5) is 0 Å². The molecule has 3 aromatic carbocycles. The van der Waals surface area contributed by atoms with E-state index in [1.165, 1.54) is 47.1 Å². The molecule has 0 aromatic heterocycles. The molecule has 0 saturated carbocycles. The van der Waals surface area contributed by atoms with Gasteiger partial charge in [0.2, 0.25) is 0 Å². The van der Waals surface area contributed by atoms with Gasteiger partial charge in [-0.2, -0.15) is 0 Å². The summed E-state index contributed by atoms with van der Waals surface area (Å²) in [5, 5.41) is 25.2. The molecule has 0 saturated heterocycles. The van der Waals surface area contributed by atoms with Crippen molar-refractivity contribution in [1.82, 2.24) is 0 Å². The first-order chi connectivity index (χ1) is 18.2. The number of fused-ring (bicyclic) bond motifs is 2. The van der Waals surface area contributed by atoms with Crippen molar-refractivity contribution in [2.24, 2.45) is 5.92 Å². The van der Waals surface area contributed by atoms with E-state index in [0.29, 0.717) is 10.8 Å². The standard InChI is InChI=1S/C36H48O2/c1-25(2)11-7-13-27(5)15-9-17-29-19-21-31-33(23-29)36(38)34-24-30(20-22-32(34)35(31)37)18-10-16-28(6)14-8-12-26(3)4/h11,15-16,19-24,26,37-38H,7-10,12-14,17-18H2,1-6H3/b27-15+,28-16+. The lowest BCUT2D eigenvalue weighted by molar-refractivity contribution is 0.478. The van der Waals surface area contributed by atoms with Gasteiger partial charge in [0.1, 0.15) is 11.5 Å². The van der Waals surface area contributed by atoms with Crippen LogP contribution in [-0.2, 0) is 12.8 Å². The fourth-order valence-electron chi connectivity index (χ4n) is 5.14. The molecule has 0 amide bonds. The number of aromatic hydroxyl groups is 2. The number of hydrogen-bond acceptors (Lipinski definition) is 2. The van der Waals surface area contributed by atoms with E-state index in [-0.39, 0.29) is 11.5 Å². The number of phenolic OH excluding ortho intramolecular Hbond substituents is 2. The normalized spacial score (nSPS) is 12.6. The first kappa shape index (κ1) is 29.6. The van der Waals surface area contributed by atoms with Crippen LogP contribution in [0, 0.1) is 5.92 Å². The average molecular weight is 513 g/mol. The summed E-state index contributed by atoms with van der Waals surface area (Å²) in [6.07, 6.45) is 16.7. The Morgan fingerprint density at radius 2 is 1.16 bits per heavy atom. The molecule has 3 rings (SSSR count). The Hall–Kier alpha value is -3.00. The Balaban J connectivity index is 1.73. The molecular weight excluding hydrogens is 464 g/mol. The van der Waals surface area contributed by atoms with Gasteiger partial charge in [-0.3, -0.25) is 0 Å². The number of benzene rings is 3. The smallest absolute Gasteiger partial charge is 0.131 e. The molecule has 0 aliphatic carbocycles. The summed E-state index contributed by atoms with van der Waals surface area (Å²) >= 11 is 0. The molecule has 3 aromatic rings. The Morgan fingerprint density at radius 1 is 0.658 bits per heavy atom. The molecule has 0 heterocycles. The average Bonchev–Trinajstić information content (AvgIpc) is 2.86. The number of hydrogen-bond donors (Lipinski definition) is 2. The van der Waals surface area contributed by atoms with Gasteiger partial charge in [-0.1, -0.05) is 79.5 Å². The van der Waals surface area contributed by atoms with Crippen molar-refractivity contribution in [1.29, 1.82) is 0 Å². The van der Waals surface area contributed by atoms with Gasteiger partial charge in [0, 0.05) is 21.5 Å². The van der Waals surface area contributed by atoms with Gasteiger partial charge in [0.15, 0.2) is 0 Å². The SMILES string of the molecule is CC(C)=CCC/C(C)=C/CCc1ccc2c(O)c3ccc(CC/C=C(\C)CCCC(C)C)cc3c(O)c2c1. The van der Waals surface area contributed by atoms with Crippen LogP contribution in [0.3, 0.4) is 0 Å². The Kier molecular flexibility index (Phi) is 11.1. The summed E-state index contributed by atoms with van der Waals surface area (Å²) in [7, 11) is 0. The summed E-state index contributed by atoms with van der Waals surface area (Å²) < 4.78 is 0. The van der Waals surface area contributed by atoms with E-state index >= 15 is 0 Å². The van der Waals surface area contributed by atoms with Crippen molar-refractivity contribution in [3.05, 3.63) is 82.5 Å². The fraction of sp³-hybridized carbons (Fsp3) is 0.444. The fourth-order valence-corrected chi connectivity index (χ4v) is 5.14. The molecule has 0 aliphatic rings. The van der Waals surface area contributed by atoms with E-state index in [4.69, 9.17) is 0 Å². The first-order valence-electron chi connectivity index (χ1n) is 14.5. The zero-order valence-electron chi connectivity index (χ0n) is 24.5. The van der Waals surface area contributed by atoms with Gasteiger partial charge in [0.25, 0.3) is 0 Å². The molecule has 2 N–H and O–H groups in total. The lowest BCUT2D eigenvalue weighted by Gasteiger charge is -2.12. The van der Waals surface area contributed by atoms with Crippen molar-refractivity contribution in [3.63, 3.8) is 0 Å². The molecule has 0 atom stereocenters. The van der Waals surface area contributed by atoms with Gasteiger partial charge >= 0.3 is 0 Å². The lowest BCUT2D eigenvalue weighted by Crippen LogP contribution is -1.90. The second-order valence-corrected chi connectivity index (χ2v) is 11.7. The topological polar surface area (TPSA) is 40.5 Å². The maximum atomic E-state index is 11.3. The third-order valence-corrected chi connectivity index (χ3v) is 7.48. The summed E-state index contributed by atoms with van der Waals surface area (Å²) in [5.41, 5.74) is 6.61. The van der Waals surface area contributed by atoms with Crippen LogP contribution in [0.1, 0.15) is 97.6 Å². The number of rotatable bonds is 13. The minimum atomic E-state index is 0.252. The minimum Gasteiger partial charge on any atom is -0.507 e. The summed E-state index contributed by atoms with van der Waals surface area (Å²) in [6.45, 7) is 13.3. The molecular formula is C36H48O2. The number of aryl methyl sites for hydroxylation is 2. The van der Waals surface area contributed by atoms with Crippen LogP contribution in [0.15, 0.2) is 71.3 Å². The van der Waals surface area contributed by atoms with Gasteiger partial charge < -0.3 is 10.2 Å². The van der Waals surface area contributed by atoms with Crippen LogP contribution < -0.4 is 0 Å². The predicted octanol–water partition coefficient (Wildman–Crippen LogP) is 10.7. The Morgan fingerprint density at radius 3 is 1.66 bits per heavy atom. The van der Waals surface area contributed by atoms with Crippen molar-refractivity contribution in [2.45, 2.75) is 99.3 Å². The van der Waals surface area contributed by atoms with Crippen molar-refractivity contribution < 1.29 is 10.2 Å². The summed E-state index contributed by atoms with van der Waals surface area (Å²) in [6, 6.07) is 12.2. The largest absolute Gasteiger partial charge is 0.507 e. The second kappa shape index (κ2) is 14.2. The maximum Gasteiger partial charge on any atom is 0.131 e. The maximum absolute atomic E-state index is 11.3. The van der Waals surface area contributed by atoms with E-state index in [0.717, 1.165) is 55.2 Å². The molecule has 204 valence electrons. The quantitative estimate of drug-likeness (QED) is 0.136. The zero-order chi connectivity index (χ0) is 27.7. The third kappa shape index (κ3) is 8.51. The van der Waals surface area contributed by atoms with Gasteiger partial charge in [-0.25, -0.2) is 0 Å². The van der Waals surface area contributed by atoms with Crippen LogP contribution in [0.5, 0.6) is 11.5 Å². The Bertz CT molecular complexity index is 1320. The van der Waals surface area contributed by atoms with Crippen molar-refractivity contribution >= 4 is 21.5 Å². The molecule has 0 spiro atoms. The molecule has 0 aliphatic heterocycles. The highest BCUT2D eigenvalue weighted by atomic mass is 16.3. The lowest BCUT2D eigenvalue weighted by atomic mass is 9.95. The van der Waals surface area contributed by atoms with E-state index in [1.807, 2.05) is 18.2 Å². The van der Waals surface area contributed by atoms with E-state index in [2.05, 4.69) is 78.0 Å². The van der Waals surface area contributed by atoms with Gasteiger partial charge in [0.05, 0.1) is 0 Å².